The number of hydrogen-bond donors (Lipinski definition) is 1. The number of amides is 2. The Labute approximate surface area is 147 Å². The van der Waals surface area contributed by atoms with Crippen molar-refractivity contribution in [2.24, 2.45) is 0 Å². The van der Waals surface area contributed by atoms with Crippen molar-refractivity contribution >= 4 is 11.7 Å². The summed E-state index contributed by atoms with van der Waals surface area (Å²) in [5, 5.41) is 2.91. The second-order valence-corrected chi connectivity index (χ2v) is 5.83. The van der Waals surface area contributed by atoms with Gasteiger partial charge in [-0.15, -0.1) is 0 Å². The van der Waals surface area contributed by atoms with E-state index < -0.39 is 0 Å². The summed E-state index contributed by atoms with van der Waals surface area (Å²) in [6.07, 6.45) is 6.58. The van der Waals surface area contributed by atoms with Crippen LogP contribution in [0.4, 0.5) is 10.5 Å². The molecular weight excluding hydrogens is 320 g/mol. The zero-order valence-electron chi connectivity index (χ0n) is 14.4. The number of likely N-dealkylation sites (tertiary alicyclic amines) is 1. The summed E-state index contributed by atoms with van der Waals surface area (Å²) in [5.41, 5.74) is 1.57. The third kappa shape index (κ3) is 3.81. The number of methoxy groups -OCH3 is 2. The van der Waals surface area contributed by atoms with Gasteiger partial charge in [0.2, 0.25) is 11.8 Å². The van der Waals surface area contributed by atoms with Crippen molar-refractivity contribution in [1.82, 2.24) is 14.9 Å². The Morgan fingerprint density at radius 1 is 1.24 bits per heavy atom. The molecular formula is C18H22N4O3. The van der Waals surface area contributed by atoms with Crippen LogP contribution in [0.3, 0.4) is 0 Å². The largest absolute Gasteiger partial charge is 0.481 e. The van der Waals surface area contributed by atoms with Crippen LogP contribution in [-0.2, 0) is 0 Å². The van der Waals surface area contributed by atoms with E-state index in [9.17, 15) is 4.79 Å². The lowest BCUT2D eigenvalue weighted by Crippen LogP contribution is -2.41. The lowest BCUT2D eigenvalue weighted by atomic mass is 9.97. The van der Waals surface area contributed by atoms with Crippen LogP contribution >= 0.6 is 0 Å². The molecule has 1 atom stereocenters. The smallest absolute Gasteiger partial charge is 0.322 e. The first-order valence-electron chi connectivity index (χ1n) is 8.29. The predicted octanol–water partition coefficient (Wildman–Crippen LogP) is 3.25. The van der Waals surface area contributed by atoms with E-state index in [2.05, 4.69) is 15.3 Å². The maximum atomic E-state index is 12.9. The number of nitrogens with zero attached hydrogens (tertiary/aromatic N) is 3. The highest BCUT2D eigenvalue weighted by molar-refractivity contribution is 5.91. The number of urea groups is 1. The van der Waals surface area contributed by atoms with E-state index >= 15 is 0 Å². The maximum absolute atomic E-state index is 12.9. The number of piperidine rings is 1. The minimum absolute atomic E-state index is 0.0275. The van der Waals surface area contributed by atoms with Crippen LogP contribution in [0, 0.1) is 0 Å². The highest BCUT2D eigenvalue weighted by Gasteiger charge is 2.28. The van der Waals surface area contributed by atoms with Crippen molar-refractivity contribution in [3.8, 4) is 11.8 Å². The molecule has 0 aliphatic carbocycles. The average molecular weight is 342 g/mol. The summed E-state index contributed by atoms with van der Waals surface area (Å²) in [6, 6.07) is 7.19. The molecule has 1 fully saturated rings. The van der Waals surface area contributed by atoms with E-state index in [1.807, 2.05) is 23.2 Å². The van der Waals surface area contributed by atoms with Gasteiger partial charge in [-0.05, 0) is 37.0 Å². The standard InChI is InChI=1S/C18H22N4O3/c1-24-16-9-8-14(17(21-16)25-2)20-18(23)22-11-4-3-7-15(22)13-6-5-10-19-12-13/h5-6,8-10,12,15H,3-4,7,11H2,1-2H3,(H,20,23)/t15-/m0/s1. The maximum Gasteiger partial charge on any atom is 0.322 e. The zero-order valence-corrected chi connectivity index (χ0v) is 14.4. The Balaban J connectivity index is 1.79. The second-order valence-electron chi connectivity index (χ2n) is 5.83. The third-order valence-electron chi connectivity index (χ3n) is 4.31. The normalized spacial score (nSPS) is 17.0. The van der Waals surface area contributed by atoms with Crippen LogP contribution in [0.2, 0.25) is 0 Å². The molecule has 132 valence electrons. The lowest BCUT2D eigenvalue weighted by Gasteiger charge is -2.35. The molecule has 25 heavy (non-hydrogen) atoms. The van der Waals surface area contributed by atoms with Crippen molar-refractivity contribution in [2.75, 3.05) is 26.1 Å². The number of nitrogens with one attached hydrogen (secondary N) is 1. The zero-order chi connectivity index (χ0) is 17.6. The summed E-state index contributed by atoms with van der Waals surface area (Å²) < 4.78 is 10.3. The monoisotopic (exact) mass is 342 g/mol. The van der Waals surface area contributed by atoms with Crippen molar-refractivity contribution in [1.29, 1.82) is 0 Å². The lowest BCUT2D eigenvalue weighted by molar-refractivity contribution is 0.163. The number of carbonyl (C=O) groups excluding carboxylic acids is 1. The van der Waals surface area contributed by atoms with Crippen molar-refractivity contribution in [3.63, 3.8) is 0 Å². The Kier molecular flexibility index (Phi) is 5.33. The SMILES string of the molecule is COc1ccc(NC(=O)N2CCCC[C@H]2c2cccnc2)c(OC)n1. The van der Waals surface area contributed by atoms with Gasteiger partial charge >= 0.3 is 6.03 Å². The molecule has 0 aromatic carbocycles. The molecule has 2 amide bonds. The number of aromatic nitrogens is 2. The van der Waals surface area contributed by atoms with Gasteiger partial charge in [0, 0.05) is 25.0 Å². The third-order valence-corrected chi connectivity index (χ3v) is 4.31. The minimum Gasteiger partial charge on any atom is -0.481 e. The molecule has 2 aromatic rings. The van der Waals surface area contributed by atoms with Crippen LogP contribution in [0.1, 0.15) is 30.9 Å². The molecule has 2 aromatic heterocycles. The van der Waals surface area contributed by atoms with Gasteiger partial charge in [0.05, 0.1) is 20.3 Å². The van der Waals surface area contributed by atoms with E-state index in [1.54, 1.807) is 18.3 Å². The number of hydrogen-bond acceptors (Lipinski definition) is 5. The summed E-state index contributed by atoms with van der Waals surface area (Å²) >= 11 is 0. The Bertz CT molecular complexity index is 724. The minimum atomic E-state index is -0.168. The van der Waals surface area contributed by atoms with Crippen molar-refractivity contribution in [3.05, 3.63) is 42.2 Å². The first kappa shape index (κ1) is 17.0. The second kappa shape index (κ2) is 7.83. The van der Waals surface area contributed by atoms with Gasteiger partial charge < -0.3 is 19.7 Å². The number of carbonyl (C=O) groups is 1. The van der Waals surface area contributed by atoms with E-state index in [1.165, 1.54) is 14.2 Å². The summed E-state index contributed by atoms with van der Waals surface area (Å²) in [6.45, 7) is 0.706. The fraction of sp³-hybridized carbons (Fsp3) is 0.389. The molecule has 0 bridgehead atoms. The molecule has 3 heterocycles. The molecule has 3 rings (SSSR count). The molecule has 7 nitrogen and oxygen atoms in total. The fourth-order valence-electron chi connectivity index (χ4n) is 3.07. The van der Waals surface area contributed by atoms with Gasteiger partial charge in [0.15, 0.2) is 0 Å². The molecule has 1 aliphatic rings. The Morgan fingerprint density at radius 2 is 2.12 bits per heavy atom. The first-order chi connectivity index (χ1) is 12.2. The number of ether oxygens (including phenoxy) is 2. The van der Waals surface area contributed by atoms with Gasteiger partial charge in [0.1, 0.15) is 5.69 Å². The number of pyridine rings is 2. The molecule has 7 heteroatoms. The van der Waals surface area contributed by atoms with Crippen LogP contribution in [0.5, 0.6) is 11.8 Å². The molecule has 1 aliphatic heterocycles. The van der Waals surface area contributed by atoms with E-state index in [-0.39, 0.29) is 12.1 Å². The molecule has 0 unspecified atom stereocenters. The van der Waals surface area contributed by atoms with Crippen LogP contribution < -0.4 is 14.8 Å². The number of rotatable bonds is 4. The summed E-state index contributed by atoms with van der Waals surface area (Å²) in [5.74, 6) is 0.753. The molecule has 0 radical (unpaired) electrons. The summed E-state index contributed by atoms with van der Waals surface area (Å²) in [4.78, 5) is 23.1. The Morgan fingerprint density at radius 3 is 2.84 bits per heavy atom. The predicted molar refractivity (Wildman–Crippen MR) is 93.9 cm³/mol. The number of anilines is 1. The molecule has 0 saturated carbocycles. The molecule has 0 spiro atoms. The van der Waals surface area contributed by atoms with E-state index in [4.69, 9.17) is 9.47 Å². The highest BCUT2D eigenvalue weighted by atomic mass is 16.5. The molecule has 1 N–H and O–H groups in total. The van der Waals surface area contributed by atoms with Gasteiger partial charge in [0.25, 0.3) is 0 Å². The van der Waals surface area contributed by atoms with Gasteiger partial charge in [-0.25, -0.2) is 4.79 Å². The average Bonchev–Trinajstić information content (AvgIpc) is 2.69. The van der Waals surface area contributed by atoms with Gasteiger partial charge in [-0.3, -0.25) is 4.98 Å². The van der Waals surface area contributed by atoms with Crippen LogP contribution in [-0.4, -0.2) is 41.7 Å². The molecule has 1 saturated heterocycles. The van der Waals surface area contributed by atoms with Crippen LogP contribution in [0.15, 0.2) is 36.7 Å². The van der Waals surface area contributed by atoms with Crippen LogP contribution in [0.25, 0.3) is 0 Å². The topological polar surface area (TPSA) is 76.6 Å². The highest BCUT2D eigenvalue weighted by Crippen LogP contribution is 2.32. The fourth-order valence-corrected chi connectivity index (χ4v) is 3.07. The van der Waals surface area contributed by atoms with Crippen molar-refractivity contribution < 1.29 is 14.3 Å². The van der Waals surface area contributed by atoms with E-state index in [0.717, 1.165) is 24.8 Å². The summed E-state index contributed by atoms with van der Waals surface area (Å²) in [7, 11) is 3.04. The van der Waals surface area contributed by atoms with Gasteiger partial charge in [-0.2, -0.15) is 4.98 Å². The first-order valence-corrected chi connectivity index (χ1v) is 8.29. The van der Waals surface area contributed by atoms with Gasteiger partial charge in [-0.1, -0.05) is 6.07 Å². The quantitative estimate of drug-likeness (QED) is 0.923. The Hall–Kier alpha value is -2.83. The van der Waals surface area contributed by atoms with Crippen molar-refractivity contribution in [2.45, 2.75) is 25.3 Å². The van der Waals surface area contributed by atoms with E-state index in [0.29, 0.717) is 24.0 Å².